The van der Waals surface area contributed by atoms with Crippen LogP contribution in [-0.2, 0) is 6.54 Å². The van der Waals surface area contributed by atoms with Gasteiger partial charge in [-0.15, -0.1) is 0 Å². The number of fused-ring (bicyclic) bond motifs is 1. The van der Waals surface area contributed by atoms with E-state index in [1.54, 1.807) is 6.07 Å². The summed E-state index contributed by atoms with van der Waals surface area (Å²) in [6.45, 7) is 0.443. The van der Waals surface area contributed by atoms with Crippen LogP contribution in [-0.4, -0.2) is 10.8 Å². The number of halogens is 1. The Bertz CT molecular complexity index is 455. The molecule has 0 fully saturated rings. The molecule has 0 saturated carbocycles. The summed E-state index contributed by atoms with van der Waals surface area (Å²) in [4.78, 5) is 14.0. The fourth-order valence-electron chi connectivity index (χ4n) is 1.37. The Morgan fingerprint density at radius 1 is 1.57 bits per heavy atom. The molecule has 0 unspecified atom stereocenters. The van der Waals surface area contributed by atoms with E-state index in [4.69, 9.17) is 17.3 Å². The van der Waals surface area contributed by atoms with Gasteiger partial charge in [-0.25, -0.2) is 0 Å². The van der Waals surface area contributed by atoms with Gasteiger partial charge in [-0.2, -0.15) is 0 Å². The fourth-order valence-corrected chi connectivity index (χ4v) is 1.62. The Morgan fingerprint density at radius 3 is 2.93 bits per heavy atom. The third kappa shape index (κ3) is 1.22. The van der Waals surface area contributed by atoms with Gasteiger partial charge in [0.2, 0.25) is 0 Å². The molecule has 2 N–H and O–H groups in total. The molecule has 2 rings (SSSR count). The van der Waals surface area contributed by atoms with Crippen molar-refractivity contribution >= 4 is 23.1 Å². The van der Waals surface area contributed by atoms with Crippen molar-refractivity contribution in [3.05, 3.63) is 38.4 Å². The van der Waals surface area contributed by atoms with Crippen LogP contribution in [0.5, 0.6) is 0 Å². The lowest BCUT2D eigenvalue weighted by Gasteiger charge is -2.00. The zero-order valence-corrected chi connectivity index (χ0v) is 7.78. The van der Waals surface area contributed by atoms with E-state index in [0.717, 1.165) is 5.56 Å². The second-order valence-corrected chi connectivity index (χ2v) is 3.33. The molecular weight excluding hydrogens is 206 g/mol. The summed E-state index contributed by atoms with van der Waals surface area (Å²) < 4.78 is 0. The number of hydrogen-bond donors (Lipinski definition) is 1. The quantitative estimate of drug-likeness (QED) is 0.564. The molecule has 14 heavy (non-hydrogen) atoms. The zero-order chi connectivity index (χ0) is 10.3. The van der Waals surface area contributed by atoms with Gasteiger partial charge in [0.15, 0.2) is 0 Å². The van der Waals surface area contributed by atoms with Gasteiger partial charge in [0.1, 0.15) is 10.9 Å². The molecule has 72 valence electrons. The summed E-state index contributed by atoms with van der Waals surface area (Å²) in [5.74, 6) is 0.333. The van der Waals surface area contributed by atoms with Gasteiger partial charge >= 0.3 is 0 Å². The monoisotopic (exact) mass is 211 g/mol. The highest BCUT2D eigenvalue weighted by atomic mass is 35.5. The van der Waals surface area contributed by atoms with Crippen LogP contribution >= 0.6 is 11.6 Å². The van der Waals surface area contributed by atoms with Gasteiger partial charge in [0.25, 0.3) is 5.69 Å². The van der Waals surface area contributed by atoms with Crippen LogP contribution in [0, 0.1) is 10.1 Å². The van der Waals surface area contributed by atoms with Gasteiger partial charge < -0.3 is 5.73 Å². The maximum atomic E-state index is 10.6. The average Bonchev–Trinajstić information content (AvgIpc) is 2.46. The minimum Gasteiger partial charge on any atom is -0.383 e. The first kappa shape index (κ1) is 8.96. The second kappa shape index (κ2) is 2.95. The molecule has 6 heteroatoms. The lowest BCUT2D eigenvalue weighted by atomic mass is 10.1. The summed E-state index contributed by atoms with van der Waals surface area (Å²) in [6, 6.07) is 2.90. The minimum atomic E-state index is -0.534. The van der Waals surface area contributed by atoms with Crippen LogP contribution in [0.4, 0.5) is 5.69 Å². The highest BCUT2D eigenvalue weighted by molar-refractivity contribution is 6.33. The smallest absolute Gasteiger partial charge is 0.288 e. The molecule has 0 saturated heterocycles. The van der Waals surface area contributed by atoms with Crippen molar-refractivity contribution in [2.45, 2.75) is 6.54 Å². The molecule has 0 spiro atoms. The van der Waals surface area contributed by atoms with Crippen molar-refractivity contribution in [1.29, 1.82) is 0 Å². The number of aliphatic imine (C=N–C) groups is 1. The molecule has 0 aromatic heterocycles. The number of rotatable bonds is 1. The van der Waals surface area contributed by atoms with Crippen molar-refractivity contribution in [2.75, 3.05) is 0 Å². The molecule has 0 atom stereocenters. The third-order valence-corrected chi connectivity index (χ3v) is 2.37. The third-order valence-electron chi connectivity index (χ3n) is 2.07. The van der Waals surface area contributed by atoms with E-state index in [1.165, 1.54) is 6.07 Å². The van der Waals surface area contributed by atoms with Crippen LogP contribution in [0.2, 0.25) is 5.02 Å². The highest BCUT2D eigenvalue weighted by Gasteiger charge is 2.21. The number of nitro groups is 1. The lowest BCUT2D eigenvalue weighted by Crippen LogP contribution is -2.10. The first-order valence-electron chi connectivity index (χ1n) is 3.86. The topological polar surface area (TPSA) is 81.5 Å². The SMILES string of the molecule is NC1=NCc2cc(Cl)c([N+](=O)[O-])cc21. The molecular formula is C8H6ClN3O2. The number of amidine groups is 1. The number of benzene rings is 1. The van der Waals surface area contributed by atoms with E-state index in [9.17, 15) is 10.1 Å². The molecule has 5 nitrogen and oxygen atoms in total. The Balaban J connectivity index is 2.62. The van der Waals surface area contributed by atoms with Crippen molar-refractivity contribution in [3.8, 4) is 0 Å². The Kier molecular flexibility index (Phi) is 1.89. The number of nitro benzene ring substituents is 1. The van der Waals surface area contributed by atoms with E-state index in [1.807, 2.05) is 0 Å². The standard InChI is InChI=1S/C8H6ClN3O2/c9-6-1-4-3-11-8(10)5(4)2-7(6)12(13)14/h1-2H,3H2,(H2,10,11). The number of hydrogen-bond acceptors (Lipinski definition) is 4. The summed E-state index contributed by atoms with van der Waals surface area (Å²) >= 11 is 5.72. The van der Waals surface area contributed by atoms with Gasteiger partial charge in [0, 0.05) is 11.6 Å². The molecule has 0 amide bonds. The Morgan fingerprint density at radius 2 is 2.29 bits per heavy atom. The molecule has 1 heterocycles. The van der Waals surface area contributed by atoms with Crippen molar-refractivity contribution in [1.82, 2.24) is 0 Å². The lowest BCUT2D eigenvalue weighted by molar-refractivity contribution is -0.384. The maximum absolute atomic E-state index is 10.6. The molecule has 0 aliphatic carbocycles. The molecule has 0 radical (unpaired) electrons. The summed E-state index contributed by atoms with van der Waals surface area (Å²) in [5.41, 5.74) is 6.86. The largest absolute Gasteiger partial charge is 0.383 e. The summed E-state index contributed by atoms with van der Waals surface area (Å²) in [7, 11) is 0. The first-order chi connectivity index (χ1) is 6.59. The number of nitrogens with two attached hydrogens (primary N) is 1. The average molecular weight is 212 g/mol. The van der Waals surface area contributed by atoms with Crippen molar-refractivity contribution in [3.63, 3.8) is 0 Å². The van der Waals surface area contributed by atoms with E-state index in [0.29, 0.717) is 17.9 Å². The highest BCUT2D eigenvalue weighted by Crippen LogP contribution is 2.30. The van der Waals surface area contributed by atoms with Crippen LogP contribution < -0.4 is 5.73 Å². The number of nitrogens with zero attached hydrogens (tertiary/aromatic N) is 2. The predicted octanol–water partition coefficient (Wildman–Crippen LogP) is 1.47. The summed E-state index contributed by atoms with van der Waals surface area (Å²) in [5, 5.41) is 10.7. The molecule has 1 aliphatic heterocycles. The van der Waals surface area contributed by atoms with Crippen LogP contribution in [0.25, 0.3) is 0 Å². The van der Waals surface area contributed by atoms with Crippen LogP contribution in [0.1, 0.15) is 11.1 Å². The summed E-state index contributed by atoms with van der Waals surface area (Å²) in [6.07, 6.45) is 0. The Labute approximate surface area is 84.3 Å². The molecule has 0 bridgehead atoms. The van der Waals surface area contributed by atoms with Crippen LogP contribution in [0.3, 0.4) is 0 Å². The second-order valence-electron chi connectivity index (χ2n) is 2.92. The van der Waals surface area contributed by atoms with Crippen molar-refractivity contribution in [2.24, 2.45) is 10.7 Å². The molecule has 1 aromatic carbocycles. The van der Waals surface area contributed by atoms with E-state index < -0.39 is 4.92 Å². The van der Waals surface area contributed by atoms with Gasteiger partial charge in [-0.3, -0.25) is 15.1 Å². The van der Waals surface area contributed by atoms with E-state index in [-0.39, 0.29) is 10.7 Å². The van der Waals surface area contributed by atoms with Gasteiger partial charge in [0.05, 0.1) is 11.5 Å². The first-order valence-corrected chi connectivity index (χ1v) is 4.24. The predicted molar refractivity (Wildman–Crippen MR) is 52.5 cm³/mol. The van der Waals surface area contributed by atoms with Gasteiger partial charge in [-0.05, 0) is 11.6 Å². The Hall–Kier alpha value is -1.62. The van der Waals surface area contributed by atoms with Crippen molar-refractivity contribution < 1.29 is 4.92 Å². The van der Waals surface area contributed by atoms with Gasteiger partial charge in [-0.1, -0.05) is 11.6 Å². The normalized spacial score (nSPS) is 13.6. The molecule has 1 aromatic rings. The van der Waals surface area contributed by atoms with Crippen LogP contribution in [0.15, 0.2) is 17.1 Å². The molecule has 1 aliphatic rings. The van der Waals surface area contributed by atoms with E-state index >= 15 is 0 Å². The fraction of sp³-hybridized carbons (Fsp3) is 0.125. The van der Waals surface area contributed by atoms with E-state index in [2.05, 4.69) is 4.99 Å². The zero-order valence-electron chi connectivity index (χ0n) is 7.03. The maximum Gasteiger partial charge on any atom is 0.288 e. The minimum absolute atomic E-state index is 0.124.